The number of rotatable bonds is 0. The average Bonchev–Trinajstić information content (AvgIpc) is 2.77. The number of aliphatic hydroxyl groups is 1. The van der Waals surface area contributed by atoms with Crippen molar-refractivity contribution in [1.82, 2.24) is 9.55 Å². The van der Waals surface area contributed by atoms with Gasteiger partial charge in [0.25, 0.3) is 0 Å². The van der Waals surface area contributed by atoms with Gasteiger partial charge >= 0.3 is 6.18 Å². The number of alkyl halides is 3. The number of fused-ring (bicyclic) bond motifs is 3. The minimum absolute atomic E-state index is 0.286. The predicted molar refractivity (Wildman–Crippen MR) is 54.3 cm³/mol. The molecule has 3 nitrogen and oxygen atoms in total. The van der Waals surface area contributed by atoms with E-state index in [-0.39, 0.29) is 5.52 Å². The molecule has 0 bridgehead atoms. The molecule has 0 saturated heterocycles. The van der Waals surface area contributed by atoms with Crippen LogP contribution in [-0.4, -0.2) is 14.7 Å². The summed E-state index contributed by atoms with van der Waals surface area (Å²) in [5, 5.41) is 9.61. The molecule has 6 heteroatoms. The molecule has 0 spiro atoms. The van der Waals surface area contributed by atoms with E-state index in [0.29, 0.717) is 24.3 Å². The van der Waals surface area contributed by atoms with E-state index < -0.39 is 17.8 Å². The average molecular weight is 242 g/mol. The summed E-state index contributed by atoms with van der Waals surface area (Å²) in [5.74, 6) is 0.458. The summed E-state index contributed by atoms with van der Waals surface area (Å²) in [4.78, 5) is 4.06. The van der Waals surface area contributed by atoms with Gasteiger partial charge in [-0.3, -0.25) is 0 Å². The number of hydrogen-bond acceptors (Lipinski definition) is 2. The fourth-order valence-corrected chi connectivity index (χ4v) is 2.19. The summed E-state index contributed by atoms with van der Waals surface area (Å²) in [6.07, 6.45) is -4.46. The lowest BCUT2D eigenvalue weighted by Crippen LogP contribution is -2.04. The monoisotopic (exact) mass is 242 g/mol. The van der Waals surface area contributed by atoms with Crippen LogP contribution in [-0.2, 0) is 12.7 Å². The summed E-state index contributed by atoms with van der Waals surface area (Å²) in [6, 6.07) is 3.47. The van der Waals surface area contributed by atoms with E-state index in [1.165, 1.54) is 6.07 Å². The zero-order valence-corrected chi connectivity index (χ0v) is 8.70. The van der Waals surface area contributed by atoms with Crippen molar-refractivity contribution in [3.8, 4) is 0 Å². The van der Waals surface area contributed by atoms with Crippen LogP contribution < -0.4 is 0 Å². The van der Waals surface area contributed by atoms with Gasteiger partial charge in [-0.25, -0.2) is 4.98 Å². The maximum Gasteiger partial charge on any atom is 0.416 e. The van der Waals surface area contributed by atoms with Gasteiger partial charge in [-0.05, 0) is 24.6 Å². The van der Waals surface area contributed by atoms with Crippen molar-refractivity contribution in [1.29, 1.82) is 0 Å². The summed E-state index contributed by atoms with van der Waals surface area (Å²) < 4.78 is 39.3. The Labute approximate surface area is 94.5 Å². The molecule has 2 aromatic rings. The number of aryl methyl sites for hydroxylation is 1. The van der Waals surface area contributed by atoms with Gasteiger partial charge in [-0.15, -0.1) is 0 Å². The van der Waals surface area contributed by atoms with Crippen LogP contribution in [0.15, 0.2) is 18.2 Å². The molecule has 1 unspecified atom stereocenters. The Hall–Kier alpha value is -1.56. The Kier molecular flexibility index (Phi) is 2.01. The van der Waals surface area contributed by atoms with Crippen molar-refractivity contribution in [2.24, 2.45) is 0 Å². The summed E-state index contributed by atoms with van der Waals surface area (Å²) in [6.45, 7) is 0.596. The number of nitrogens with zero attached hydrogens (tertiary/aromatic N) is 2. The van der Waals surface area contributed by atoms with E-state index in [1.54, 1.807) is 4.57 Å². The first-order chi connectivity index (χ1) is 7.97. The van der Waals surface area contributed by atoms with E-state index in [2.05, 4.69) is 4.98 Å². The van der Waals surface area contributed by atoms with Crippen LogP contribution in [0.1, 0.15) is 23.9 Å². The highest BCUT2D eigenvalue weighted by molar-refractivity contribution is 5.77. The number of aromatic nitrogens is 2. The molecule has 0 aliphatic carbocycles. The normalized spacial score (nSPS) is 19.9. The number of hydrogen-bond donors (Lipinski definition) is 1. The van der Waals surface area contributed by atoms with Crippen molar-refractivity contribution in [3.05, 3.63) is 29.6 Å². The molecule has 2 heterocycles. The van der Waals surface area contributed by atoms with Crippen LogP contribution in [0.4, 0.5) is 13.2 Å². The zero-order valence-electron chi connectivity index (χ0n) is 8.70. The first-order valence-electron chi connectivity index (χ1n) is 5.22. The minimum Gasteiger partial charge on any atom is -0.385 e. The molecule has 1 aliphatic rings. The molecule has 1 aromatic carbocycles. The molecule has 90 valence electrons. The van der Waals surface area contributed by atoms with Crippen molar-refractivity contribution in [2.75, 3.05) is 0 Å². The highest BCUT2D eigenvalue weighted by atomic mass is 19.4. The molecular formula is C11H9F3N2O. The topological polar surface area (TPSA) is 38.0 Å². The third-order valence-electron chi connectivity index (χ3n) is 3.03. The van der Waals surface area contributed by atoms with Crippen molar-refractivity contribution in [3.63, 3.8) is 0 Å². The lowest BCUT2D eigenvalue weighted by molar-refractivity contribution is -0.137. The molecule has 1 aromatic heterocycles. The Balaban J connectivity index is 2.20. The molecule has 1 atom stereocenters. The lowest BCUT2D eigenvalue weighted by atomic mass is 10.2. The second-order valence-electron chi connectivity index (χ2n) is 4.13. The minimum atomic E-state index is -4.36. The Morgan fingerprint density at radius 2 is 2.12 bits per heavy atom. The summed E-state index contributed by atoms with van der Waals surface area (Å²) >= 11 is 0. The van der Waals surface area contributed by atoms with Gasteiger partial charge in [0.1, 0.15) is 11.9 Å². The Bertz CT molecular complexity index is 588. The highest BCUT2D eigenvalue weighted by Gasteiger charge is 2.32. The second kappa shape index (κ2) is 3.22. The Morgan fingerprint density at radius 3 is 2.82 bits per heavy atom. The zero-order chi connectivity index (χ0) is 12.2. The van der Waals surface area contributed by atoms with E-state index >= 15 is 0 Å². The highest BCUT2D eigenvalue weighted by Crippen LogP contribution is 2.34. The summed E-state index contributed by atoms with van der Waals surface area (Å²) in [5.41, 5.74) is 0.217. The van der Waals surface area contributed by atoms with Crippen LogP contribution in [0.2, 0.25) is 0 Å². The van der Waals surface area contributed by atoms with Crippen molar-refractivity contribution < 1.29 is 18.3 Å². The van der Waals surface area contributed by atoms with Gasteiger partial charge < -0.3 is 9.67 Å². The molecule has 0 fully saturated rings. The van der Waals surface area contributed by atoms with Crippen molar-refractivity contribution in [2.45, 2.75) is 25.2 Å². The van der Waals surface area contributed by atoms with Crippen LogP contribution in [0.3, 0.4) is 0 Å². The predicted octanol–water partition coefficient (Wildman–Crippen LogP) is 2.49. The molecule has 0 radical (unpaired) electrons. The largest absolute Gasteiger partial charge is 0.416 e. The maximum atomic E-state index is 12.5. The standard InChI is InChI=1S/C11H9F3N2O/c12-11(13,14)6-1-2-8-7(5-6)15-10-9(17)3-4-16(8)10/h1-2,5,9,17H,3-4H2. The second-order valence-corrected chi connectivity index (χ2v) is 4.13. The van der Waals surface area contributed by atoms with Crippen molar-refractivity contribution >= 4 is 11.0 Å². The van der Waals surface area contributed by atoms with Crippen LogP contribution in [0.25, 0.3) is 11.0 Å². The van der Waals surface area contributed by atoms with Crippen LogP contribution in [0, 0.1) is 0 Å². The third kappa shape index (κ3) is 1.51. The van der Waals surface area contributed by atoms with E-state index in [4.69, 9.17) is 0 Å². The fourth-order valence-electron chi connectivity index (χ4n) is 2.19. The molecule has 1 N–H and O–H groups in total. The van der Waals surface area contributed by atoms with Gasteiger partial charge in [0.05, 0.1) is 16.6 Å². The lowest BCUT2D eigenvalue weighted by Gasteiger charge is -2.06. The molecule has 3 rings (SSSR count). The molecule has 17 heavy (non-hydrogen) atoms. The van der Waals surface area contributed by atoms with Gasteiger partial charge in [0.2, 0.25) is 0 Å². The van der Waals surface area contributed by atoms with E-state index in [9.17, 15) is 18.3 Å². The van der Waals surface area contributed by atoms with Gasteiger partial charge in [-0.2, -0.15) is 13.2 Å². The fraction of sp³-hybridized carbons (Fsp3) is 0.364. The van der Waals surface area contributed by atoms with Gasteiger partial charge in [0.15, 0.2) is 0 Å². The van der Waals surface area contributed by atoms with Crippen LogP contribution >= 0.6 is 0 Å². The Morgan fingerprint density at radius 1 is 1.35 bits per heavy atom. The number of halogens is 3. The molecule has 0 amide bonds. The smallest absolute Gasteiger partial charge is 0.385 e. The summed E-state index contributed by atoms with van der Waals surface area (Å²) in [7, 11) is 0. The van der Waals surface area contributed by atoms with Gasteiger partial charge in [0, 0.05) is 6.54 Å². The number of benzene rings is 1. The van der Waals surface area contributed by atoms with Gasteiger partial charge in [-0.1, -0.05) is 0 Å². The number of aliphatic hydroxyl groups excluding tert-OH is 1. The molecular weight excluding hydrogens is 233 g/mol. The molecule has 0 saturated carbocycles. The quantitative estimate of drug-likeness (QED) is 0.770. The first kappa shape index (κ1) is 10.6. The SMILES string of the molecule is OC1CCn2c1nc1cc(C(F)(F)F)ccc12. The first-order valence-corrected chi connectivity index (χ1v) is 5.22. The third-order valence-corrected chi connectivity index (χ3v) is 3.03. The van der Waals surface area contributed by atoms with Crippen LogP contribution in [0.5, 0.6) is 0 Å². The van der Waals surface area contributed by atoms with E-state index in [0.717, 1.165) is 12.1 Å². The maximum absolute atomic E-state index is 12.5. The number of imidazole rings is 1. The molecule has 1 aliphatic heterocycles. The van der Waals surface area contributed by atoms with E-state index in [1.807, 2.05) is 0 Å².